The Morgan fingerprint density at radius 1 is 1.18 bits per heavy atom. The molecule has 2 rings (SSSR count). The molecule has 0 spiro atoms. The van der Waals surface area contributed by atoms with E-state index in [0.29, 0.717) is 5.82 Å². The van der Waals surface area contributed by atoms with Crippen molar-refractivity contribution < 1.29 is 0 Å². The van der Waals surface area contributed by atoms with Gasteiger partial charge >= 0.3 is 0 Å². The molecule has 4 heteroatoms. The highest BCUT2D eigenvalue weighted by molar-refractivity contribution is 5.44. The van der Waals surface area contributed by atoms with Crippen molar-refractivity contribution in [1.29, 1.82) is 0 Å². The van der Waals surface area contributed by atoms with E-state index in [4.69, 9.17) is 5.73 Å². The fraction of sp³-hybridized carbons (Fsp3) is 0.231. The van der Waals surface area contributed by atoms with Crippen LogP contribution in [-0.4, -0.2) is 16.5 Å². The third-order valence-corrected chi connectivity index (χ3v) is 2.54. The molecule has 0 aliphatic heterocycles. The number of anilines is 2. The van der Waals surface area contributed by atoms with Gasteiger partial charge in [-0.05, 0) is 31.2 Å². The summed E-state index contributed by atoms with van der Waals surface area (Å²) in [6, 6.07) is 11.6. The molecule has 88 valence electrons. The zero-order valence-electron chi connectivity index (χ0n) is 9.87. The summed E-state index contributed by atoms with van der Waals surface area (Å²) in [5, 5.41) is 0. The third kappa shape index (κ3) is 2.93. The topological polar surface area (TPSA) is 55.0 Å². The average Bonchev–Trinajstić information content (AvgIpc) is 2.37. The minimum absolute atomic E-state index is 0.543. The third-order valence-electron chi connectivity index (χ3n) is 2.54. The standard InChI is InChI=1S/C13H16N4/c1-2-17(10-11-6-3-4-9-15-11)13-8-5-7-12(14)16-13/h3-9H,2,10H2,1H3,(H2,14,16). The van der Waals surface area contributed by atoms with Crippen molar-refractivity contribution in [1.82, 2.24) is 9.97 Å². The van der Waals surface area contributed by atoms with Crippen LogP contribution in [-0.2, 0) is 6.54 Å². The summed E-state index contributed by atoms with van der Waals surface area (Å²) in [4.78, 5) is 10.8. The van der Waals surface area contributed by atoms with Gasteiger partial charge < -0.3 is 10.6 Å². The molecule has 0 radical (unpaired) electrons. The molecule has 0 bridgehead atoms. The van der Waals surface area contributed by atoms with Gasteiger partial charge in [-0.25, -0.2) is 4.98 Å². The highest BCUT2D eigenvalue weighted by Gasteiger charge is 2.07. The van der Waals surface area contributed by atoms with E-state index in [1.807, 2.05) is 30.3 Å². The smallest absolute Gasteiger partial charge is 0.131 e. The van der Waals surface area contributed by atoms with Gasteiger partial charge in [0.05, 0.1) is 12.2 Å². The molecule has 0 aliphatic rings. The first-order valence-corrected chi connectivity index (χ1v) is 5.67. The highest BCUT2D eigenvalue weighted by atomic mass is 15.2. The second-order valence-electron chi connectivity index (χ2n) is 3.76. The van der Waals surface area contributed by atoms with E-state index in [0.717, 1.165) is 24.6 Å². The van der Waals surface area contributed by atoms with Gasteiger partial charge in [0, 0.05) is 12.7 Å². The van der Waals surface area contributed by atoms with Gasteiger partial charge in [-0.1, -0.05) is 12.1 Å². The lowest BCUT2D eigenvalue weighted by Gasteiger charge is -2.21. The summed E-state index contributed by atoms with van der Waals surface area (Å²) in [5.41, 5.74) is 6.72. The summed E-state index contributed by atoms with van der Waals surface area (Å²) < 4.78 is 0. The molecule has 2 aromatic heterocycles. The molecule has 0 unspecified atom stereocenters. The number of hydrogen-bond donors (Lipinski definition) is 1. The van der Waals surface area contributed by atoms with Crippen molar-refractivity contribution in [2.75, 3.05) is 17.2 Å². The Balaban J connectivity index is 2.17. The Morgan fingerprint density at radius 3 is 2.71 bits per heavy atom. The molecule has 17 heavy (non-hydrogen) atoms. The quantitative estimate of drug-likeness (QED) is 0.870. The molecule has 0 saturated carbocycles. The number of rotatable bonds is 4. The van der Waals surface area contributed by atoms with Gasteiger partial charge in [0.2, 0.25) is 0 Å². The predicted octanol–water partition coefficient (Wildman–Crippen LogP) is 2.09. The van der Waals surface area contributed by atoms with Crippen LogP contribution in [0.3, 0.4) is 0 Å². The second-order valence-corrected chi connectivity index (χ2v) is 3.76. The predicted molar refractivity (Wildman–Crippen MR) is 69.6 cm³/mol. The monoisotopic (exact) mass is 228 g/mol. The van der Waals surface area contributed by atoms with Crippen LogP contribution in [0, 0.1) is 0 Å². The molecular weight excluding hydrogens is 212 g/mol. The van der Waals surface area contributed by atoms with Crippen molar-refractivity contribution in [2.45, 2.75) is 13.5 Å². The van der Waals surface area contributed by atoms with Gasteiger partial charge in [-0.2, -0.15) is 0 Å². The minimum Gasteiger partial charge on any atom is -0.384 e. The van der Waals surface area contributed by atoms with Crippen LogP contribution in [0.4, 0.5) is 11.6 Å². The first-order chi connectivity index (χ1) is 8.29. The number of nitrogens with two attached hydrogens (primary N) is 1. The number of nitrogens with zero attached hydrogens (tertiary/aromatic N) is 3. The molecule has 0 aromatic carbocycles. The maximum atomic E-state index is 5.69. The van der Waals surface area contributed by atoms with E-state index in [1.165, 1.54) is 0 Å². The summed E-state index contributed by atoms with van der Waals surface area (Å²) in [6.45, 7) is 3.70. The van der Waals surface area contributed by atoms with Crippen molar-refractivity contribution in [3.05, 3.63) is 48.3 Å². The Kier molecular flexibility index (Phi) is 3.55. The number of pyridine rings is 2. The van der Waals surface area contributed by atoms with E-state index < -0.39 is 0 Å². The molecule has 0 saturated heterocycles. The number of aromatic nitrogens is 2. The Bertz CT molecular complexity index is 470. The zero-order chi connectivity index (χ0) is 12.1. The lowest BCUT2D eigenvalue weighted by molar-refractivity contribution is 0.795. The van der Waals surface area contributed by atoms with E-state index in [2.05, 4.69) is 21.8 Å². The Labute approximate surface area is 101 Å². The average molecular weight is 228 g/mol. The van der Waals surface area contributed by atoms with Gasteiger partial charge in [0.25, 0.3) is 0 Å². The number of hydrogen-bond acceptors (Lipinski definition) is 4. The highest BCUT2D eigenvalue weighted by Crippen LogP contribution is 2.14. The van der Waals surface area contributed by atoms with Gasteiger partial charge in [0.15, 0.2) is 0 Å². The van der Waals surface area contributed by atoms with Crippen LogP contribution in [0.1, 0.15) is 12.6 Å². The normalized spacial score (nSPS) is 10.2. The van der Waals surface area contributed by atoms with E-state index in [1.54, 1.807) is 12.3 Å². The van der Waals surface area contributed by atoms with Crippen molar-refractivity contribution >= 4 is 11.6 Å². The SMILES string of the molecule is CCN(Cc1ccccn1)c1cccc(N)n1. The van der Waals surface area contributed by atoms with Crippen LogP contribution in [0.25, 0.3) is 0 Å². The minimum atomic E-state index is 0.543. The summed E-state index contributed by atoms with van der Waals surface area (Å²) >= 11 is 0. The molecule has 4 nitrogen and oxygen atoms in total. The van der Waals surface area contributed by atoms with Crippen LogP contribution in [0.5, 0.6) is 0 Å². The van der Waals surface area contributed by atoms with Crippen LogP contribution in [0.2, 0.25) is 0 Å². The molecule has 2 aromatic rings. The van der Waals surface area contributed by atoms with Crippen molar-refractivity contribution in [2.24, 2.45) is 0 Å². The maximum Gasteiger partial charge on any atom is 0.131 e. The molecule has 2 heterocycles. The molecule has 0 aliphatic carbocycles. The first-order valence-electron chi connectivity index (χ1n) is 5.67. The van der Waals surface area contributed by atoms with Crippen molar-refractivity contribution in [3.63, 3.8) is 0 Å². The molecule has 2 N–H and O–H groups in total. The number of nitrogen functional groups attached to an aromatic ring is 1. The van der Waals surface area contributed by atoms with E-state index in [-0.39, 0.29) is 0 Å². The fourth-order valence-corrected chi connectivity index (χ4v) is 1.66. The first kappa shape index (κ1) is 11.4. The van der Waals surface area contributed by atoms with E-state index >= 15 is 0 Å². The van der Waals surface area contributed by atoms with E-state index in [9.17, 15) is 0 Å². The molecular formula is C13H16N4. The summed E-state index contributed by atoms with van der Waals surface area (Å²) in [6.07, 6.45) is 1.80. The summed E-state index contributed by atoms with van der Waals surface area (Å²) in [7, 11) is 0. The lowest BCUT2D eigenvalue weighted by atomic mass is 10.3. The van der Waals surface area contributed by atoms with Crippen molar-refractivity contribution in [3.8, 4) is 0 Å². The molecule has 0 fully saturated rings. The maximum absolute atomic E-state index is 5.69. The van der Waals surface area contributed by atoms with Gasteiger partial charge in [-0.15, -0.1) is 0 Å². The lowest BCUT2D eigenvalue weighted by Crippen LogP contribution is -2.23. The largest absolute Gasteiger partial charge is 0.384 e. The molecule has 0 amide bonds. The molecule has 0 atom stereocenters. The Hall–Kier alpha value is -2.10. The second kappa shape index (κ2) is 5.30. The zero-order valence-corrected chi connectivity index (χ0v) is 9.87. The fourth-order valence-electron chi connectivity index (χ4n) is 1.66. The van der Waals surface area contributed by atoms with Crippen LogP contribution in [0.15, 0.2) is 42.6 Å². The summed E-state index contributed by atoms with van der Waals surface area (Å²) in [5.74, 6) is 1.43. The Morgan fingerprint density at radius 2 is 2.06 bits per heavy atom. The van der Waals surface area contributed by atoms with Gasteiger partial charge in [-0.3, -0.25) is 4.98 Å². The van der Waals surface area contributed by atoms with Gasteiger partial charge in [0.1, 0.15) is 11.6 Å². The van der Waals surface area contributed by atoms with Crippen LogP contribution < -0.4 is 10.6 Å². The van der Waals surface area contributed by atoms with Crippen LogP contribution >= 0.6 is 0 Å².